The normalized spacial score (nSPS) is 23.8. The summed E-state index contributed by atoms with van der Waals surface area (Å²) in [6.07, 6.45) is 3.17. The SMILES string of the molecule is CN(C)c1c([N+](=O)[O-])cc(N2C(=O)[C@H]3[C@H](CC=C4[C@H]3C[C@H]3C(=O)C(c5ccccc5)=CC(=O)[C@@]3(c3ccccc3)[C@H]4c3ccc(OCc4ccccc4)cc3O)C2=O)cc1[N+](=O)[O-]. The molecular weight excluding hydrogens is 805 g/mol. The first kappa shape index (κ1) is 40.7. The van der Waals surface area contributed by atoms with E-state index in [-0.39, 0.29) is 53.7 Å². The highest BCUT2D eigenvalue weighted by atomic mass is 16.6. The van der Waals surface area contributed by atoms with Crippen LogP contribution in [0, 0.1) is 43.9 Å². The molecule has 5 aromatic carbocycles. The second kappa shape index (κ2) is 15.6. The van der Waals surface area contributed by atoms with Gasteiger partial charge in [-0.3, -0.25) is 39.4 Å². The minimum absolute atomic E-state index is 0.00977. The summed E-state index contributed by atoms with van der Waals surface area (Å²) < 4.78 is 6.06. The summed E-state index contributed by atoms with van der Waals surface area (Å²) in [6.45, 7) is 0.215. The molecule has 0 bridgehead atoms. The second-order valence-corrected chi connectivity index (χ2v) is 16.5. The molecule has 14 heteroatoms. The number of benzene rings is 5. The number of aromatic hydroxyl groups is 1. The number of carbonyl (C=O) groups excluding carboxylic acids is 4. The molecule has 5 aromatic rings. The Labute approximate surface area is 361 Å². The number of nitro groups is 2. The lowest BCUT2D eigenvalue weighted by Crippen LogP contribution is -2.58. The summed E-state index contributed by atoms with van der Waals surface area (Å²) in [7, 11) is 2.83. The zero-order valence-corrected chi connectivity index (χ0v) is 34.1. The van der Waals surface area contributed by atoms with E-state index in [0.29, 0.717) is 28.0 Å². The number of rotatable bonds is 10. The van der Waals surface area contributed by atoms with Crippen molar-refractivity contribution < 1.29 is 38.9 Å². The van der Waals surface area contributed by atoms with Crippen LogP contribution < -0.4 is 14.5 Å². The van der Waals surface area contributed by atoms with E-state index in [1.165, 1.54) is 31.1 Å². The zero-order chi connectivity index (χ0) is 44.3. The van der Waals surface area contributed by atoms with Gasteiger partial charge in [0.25, 0.3) is 0 Å². The number of phenols is 1. The van der Waals surface area contributed by atoms with Gasteiger partial charge in [-0.25, -0.2) is 4.90 Å². The number of imide groups is 1. The Hall–Kier alpha value is -7.74. The Morgan fingerprint density at radius 2 is 1.41 bits per heavy atom. The molecule has 0 spiro atoms. The number of ketones is 2. The Bertz CT molecular complexity index is 2770. The van der Waals surface area contributed by atoms with Gasteiger partial charge in [-0.05, 0) is 47.6 Å². The predicted octanol–water partition coefficient (Wildman–Crippen LogP) is 7.88. The fourth-order valence-corrected chi connectivity index (χ4v) is 10.5. The van der Waals surface area contributed by atoms with Crippen molar-refractivity contribution in [2.75, 3.05) is 23.9 Å². The van der Waals surface area contributed by atoms with Crippen LogP contribution in [0.1, 0.15) is 41.0 Å². The Morgan fingerprint density at radius 1 is 0.794 bits per heavy atom. The topological polar surface area (TPSA) is 190 Å². The minimum Gasteiger partial charge on any atom is -0.508 e. The van der Waals surface area contributed by atoms with Gasteiger partial charge in [-0.1, -0.05) is 109 Å². The molecule has 2 amide bonds. The molecule has 0 aromatic heterocycles. The molecule has 1 N–H and O–H groups in total. The van der Waals surface area contributed by atoms with Crippen molar-refractivity contribution in [1.82, 2.24) is 0 Å². The third-order valence-electron chi connectivity index (χ3n) is 13.1. The summed E-state index contributed by atoms with van der Waals surface area (Å²) in [6, 6.07) is 34.0. The van der Waals surface area contributed by atoms with Crippen molar-refractivity contribution in [3.8, 4) is 11.5 Å². The third kappa shape index (κ3) is 6.48. The smallest absolute Gasteiger partial charge is 0.301 e. The number of anilines is 2. The second-order valence-electron chi connectivity index (χ2n) is 16.5. The minimum atomic E-state index is -1.62. The van der Waals surface area contributed by atoms with E-state index in [9.17, 15) is 34.9 Å². The van der Waals surface area contributed by atoms with Crippen molar-refractivity contribution in [1.29, 1.82) is 0 Å². The van der Waals surface area contributed by atoms with Crippen LogP contribution >= 0.6 is 0 Å². The summed E-state index contributed by atoms with van der Waals surface area (Å²) >= 11 is 0. The van der Waals surface area contributed by atoms with E-state index >= 15 is 9.59 Å². The lowest BCUT2D eigenvalue weighted by Gasteiger charge is -2.55. The number of hydrogen-bond acceptors (Lipinski definition) is 11. The van der Waals surface area contributed by atoms with Gasteiger partial charge in [0.1, 0.15) is 18.1 Å². The number of allylic oxidation sites excluding steroid dienone is 4. The lowest BCUT2D eigenvalue weighted by molar-refractivity contribution is -0.392. The third-order valence-corrected chi connectivity index (χ3v) is 13.1. The monoisotopic (exact) mass is 844 g/mol. The molecule has 1 saturated carbocycles. The number of phenolic OH excluding ortho intramolecular Hbond substituents is 1. The summed E-state index contributed by atoms with van der Waals surface area (Å²) in [5.41, 5.74) is -0.537. The van der Waals surface area contributed by atoms with Crippen LogP contribution in [0.2, 0.25) is 0 Å². The predicted molar refractivity (Wildman–Crippen MR) is 232 cm³/mol. The molecule has 6 atom stereocenters. The van der Waals surface area contributed by atoms with E-state index < -0.39 is 68.0 Å². The molecule has 14 nitrogen and oxygen atoms in total. The van der Waals surface area contributed by atoms with Gasteiger partial charge >= 0.3 is 11.4 Å². The van der Waals surface area contributed by atoms with Crippen molar-refractivity contribution >= 4 is 51.7 Å². The molecule has 316 valence electrons. The largest absolute Gasteiger partial charge is 0.508 e. The van der Waals surface area contributed by atoms with E-state index in [2.05, 4.69) is 0 Å². The molecule has 63 heavy (non-hydrogen) atoms. The van der Waals surface area contributed by atoms with Crippen molar-refractivity contribution in [3.05, 3.63) is 182 Å². The van der Waals surface area contributed by atoms with Gasteiger partial charge < -0.3 is 14.7 Å². The number of nitro benzene ring substituents is 2. The molecule has 2 fully saturated rings. The van der Waals surface area contributed by atoms with Crippen LogP contribution in [0.5, 0.6) is 11.5 Å². The Balaban J connectivity index is 1.22. The number of carbonyl (C=O) groups is 4. The van der Waals surface area contributed by atoms with Crippen LogP contribution in [0.15, 0.2) is 139 Å². The van der Waals surface area contributed by atoms with E-state index in [0.717, 1.165) is 22.6 Å². The maximum absolute atomic E-state index is 15.4. The fraction of sp³-hybridized carbons (Fsp3) is 0.224. The molecule has 1 aliphatic heterocycles. The highest BCUT2D eigenvalue weighted by Gasteiger charge is 2.66. The van der Waals surface area contributed by atoms with Crippen molar-refractivity contribution in [2.24, 2.45) is 23.7 Å². The first-order valence-corrected chi connectivity index (χ1v) is 20.5. The van der Waals surface area contributed by atoms with Gasteiger partial charge in [0, 0.05) is 55.3 Å². The molecule has 9 rings (SSSR count). The molecule has 1 heterocycles. The Morgan fingerprint density at radius 3 is 2.02 bits per heavy atom. The quantitative estimate of drug-likeness (QED) is 0.0623. The van der Waals surface area contributed by atoms with Gasteiger partial charge in [0.2, 0.25) is 11.8 Å². The van der Waals surface area contributed by atoms with E-state index in [1.807, 2.05) is 36.4 Å². The van der Waals surface area contributed by atoms with Crippen molar-refractivity contribution in [2.45, 2.75) is 30.8 Å². The fourth-order valence-electron chi connectivity index (χ4n) is 10.5. The van der Waals surface area contributed by atoms with E-state index in [1.54, 1.807) is 72.8 Å². The summed E-state index contributed by atoms with van der Waals surface area (Å²) in [5, 5.41) is 36.7. The number of nitrogens with zero attached hydrogens (tertiary/aromatic N) is 4. The highest BCUT2D eigenvalue weighted by molar-refractivity contribution is 6.32. The summed E-state index contributed by atoms with van der Waals surface area (Å²) in [4.78, 5) is 85.2. The molecular formula is C49H40N4O10. The van der Waals surface area contributed by atoms with E-state index in [4.69, 9.17) is 4.74 Å². The van der Waals surface area contributed by atoms with Crippen LogP contribution in [0.3, 0.4) is 0 Å². The summed E-state index contributed by atoms with van der Waals surface area (Å²) in [5.74, 6) is -7.12. The van der Waals surface area contributed by atoms with Gasteiger partial charge in [-0.15, -0.1) is 0 Å². The maximum Gasteiger partial charge on any atom is 0.301 e. The molecule has 0 unspecified atom stereocenters. The van der Waals surface area contributed by atoms with Crippen molar-refractivity contribution in [3.63, 3.8) is 0 Å². The maximum atomic E-state index is 15.4. The molecule has 0 radical (unpaired) electrons. The molecule has 3 aliphatic carbocycles. The van der Waals surface area contributed by atoms with Gasteiger partial charge in [-0.2, -0.15) is 0 Å². The number of fused-ring (bicyclic) bond motifs is 4. The average Bonchev–Trinajstić information content (AvgIpc) is 3.55. The Kier molecular flexibility index (Phi) is 10.1. The average molecular weight is 845 g/mol. The van der Waals surface area contributed by atoms with Crippen LogP contribution in [-0.2, 0) is 31.2 Å². The first-order valence-electron chi connectivity index (χ1n) is 20.5. The van der Waals surface area contributed by atoms with Crippen LogP contribution in [0.25, 0.3) is 5.57 Å². The number of hydrogen-bond donors (Lipinski definition) is 1. The number of amides is 2. The zero-order valence-electron chi connectivity index (χ0n) is 34.1. The first-order chi connectivity index (χ1) is 30.3. The number of Topliss-reactive ketones (excluding diaryl/α,β-unsaturated/α-hetero) is 1. The number of ether oxygens (including phenoxy) is 1. The van der Waals surface area contributed by atoms with Gasteiger partial charge in [0.05, 0.1) is 32.8 Å². The molecule has 4 aliphatic rings. The highest BCUT2D eigenvalue weighted by Crippen LogP contribution is 2.65. The van der Waals surface area contributed by atoms with Gasteiger partial charge in [0.15, 0.2) is 17.3 Å². The van der Waals surface area contributed by atoms with Crippen LogP contribution in [0.4, 0.5) is 22.7 Å². The standard InChI is InChI=1S/C49H40N4O10/c1-50(2)45-39(52(59)60)22-31(23-40(45)53(61)62)51-47(57)35-21-20-33-37(43(35)48(51)58)25-38-46(56)36(29-14-8-4-9-15-29)26-42(55)49(38,30-16-10-5-11-17-30)44(33)34-19-18-32(24-41(34)54)63-27-28-12-6-3-7-13-28/h3-20,22-24,26,35,37-38,43-44,54H,21,25,27H2,1-2H3/t35-,37+,38-,43-,44+,49-/m0/s1. The molecule has 1 saturated heterocycles. The van der Waals surface area contributed by atoms with Crippen LogP contribution in [-0.4, -0.2) is 52.4 Å². The lowest BCUT2D eigenvalue weighted by atomic mass is 9.44.